The maximum atomic E-state index is 12.3. The summed E-state index contributed by atoms with van der Waals surface area (Å²) in [5.41, 5.74) is 0.960. The van der Waals surface area contributed by atoms with Crippen LogP contribution in [-0.4, -0.2) is 31.3 Å². The average Bonchev–Trinajstić information content (AvgIpc) is 2.59. The van der Waals surface area contributed by atoms with Crippen molar-refractivity contribution in [2.75, 3.05) is 13.2 Å². The number of unbranched alkanes of at least 4 members (excludes halogenated alkanes) is 3. The molecule has 1 atom stereocenters. The standard InChI is InChI=1S/C19H29NO4/c1-3-5-10-14-23-18(21)17(15-16-11-8-7-9-12-16)20-19(22)24-13-6-4-2/h7-9,11-12,17H,3-6,10,13-15H2,1-2H3,(H,20,22). The van der Waals surface area contributed by atoms with E-state index in [9.17, 15) is 9.59 Å². The Morgan fingerprint density at radius 2 is 1.62 bits per heavy atom. The van der Waals surface area contributed by atoms with E-state index < -0.39 is 18.1 Å². The van der Waals surface area contributed by atoms with Gasteiger partial charge in [0.2, 0.25) is 0 Å². The predicted octanol–water partition coefficient (Wildman–Crippen LogP) is 3.86. The highest BCUT2D eigenvalue weighted by molar-refractivity contribution is 5.81. The Morgan fingerprint density at radius 1 is 0.958 bits per heavy atom. The first-order valence-corrected chi connectivity index (χ1v) is 8.81. The minimum absolute atomic E-state index is 0.353. The molecule has 5 heteroatoms. The second-order valence-electron chi connectivity index (χ2n) is 5.75. The average molecular weight is 335 g/mol. The normalized spacial score (nSPS) is 11.6. The van der Waals surface area contributed by atoms with Crippen LogP contribution in [0.4, 0.5) is 4.79 Å². The van der Waals surface area contributed by atoms with E-state index in [0.29, 0.717) is 19.6 Å². The molecule has 1 aromatic rings. The van der Waals surface area contributed by atoms with Crippen molar-refractivity contribution >= 4 is 12.1 Å². The molecule has 1 amide bonds. The molecular formula is C19H29NO4. The molecule has 1 aromatic carbocycles. The Balaban J connectivity index is 2.57. The van der Waals surface area contributed by atoms with Gasteiger partial charge in [0.1, 0.15) is 6.04 Å². The number of benzene rings is 1. The molecule has 0 heterocycles. The molecule has 0 radical (unpaired) electrons. The van der Waals surface area contributed by atoms with Crippen LogP contribution in [0.2, 0.25) is 0 Å². The van der Waals surface area contributed by atoms with E-state index in [4.69, 9.17) is 9.47 Å². The van der Waals surface area contributed by atoms with Crippen LogP contribution in [0.15, 0.2) is 30.3 Å². The minimum atomic E-state index is -0.733. The van der Waals surface area contributed by atoms with Crippen LogP contribution >= 0.6 is 0 Å². The third-order valence-electron chi connectivity index (χ3n) is 3.58. The summed E-state index contributed by atoms with van der Waals surface area (Å²) in [5, 5.41) is 2.63. The van der Waals surface area contributed by atoms with Crippen molar-refractivity contribution in [3.8, 4) is 0 Å². The van der Waals surface area contributed by atoms with Gasteiger partial charge in [-0.15, -0.1) is 0 Å². The number of alkyl carbamates (subject to hydrolysis) is 1. The van der Waals surface area contributed by atoms with Crippen molar-refractivity contribution in [2.45, 2.75) is 58.4 Å². The third-order valence-corrected chi connectivity index (χ3v) is 3.58. The Hall–Kier alpha value is -2.04. The molecule has 0 spiro atoms. The van der Waals surface area contributed by atoms with Crippen LogP contribution in [0.5, 0.6) is 0 Å². The van der Waals surface area contributed by atoms with Crippen LogP contribution in [-0.2, 0) is 20.7 Å². The topological polar surface area (TPSA) is 64.6 Å². The van der Waals surface area contributed by atoms with Gasteiger partial charge in [-0.25, -0.2) is 9.59 Å². The summed E-state index contributed by atoms with van der Waals surface area (Å²) in [7, 11) is 0. The van der Waals surface area contributed by atoms with Gasteiger partial charge in [-0.3, -0.25) is 0 Å². The van der Waals surface area contributed by atoms with Crippen molar-refractivity contribution in [2.24, 2.45) is 0 Å². The first-order chi connectivity index (χ1) is 11.7. The Bertz CT molecular complexity index is 476. The molecule has 0 saturated heterocycles. The lowest BCUT2D eigenvalue weighted by atomic mass is 10.1. The molecule has 0 aliphatic rings. The van der Waals surface area contributed by atoms with Gasteiger partial charge in [-0.1, -0.05) is 63.4 Å². The lowest BCUT2D eigenvalue weighted by molar-refractivity contribution is -0.146. The molecular weight excluding hydrogens is 306 g/mol. The zero-order chi connectivity index (χ0) is 17.6. The van der Waals surface area contributed by atoms with E-state index in [0.717, 1.165) is 37.7 Å². The molecule has 1 unspecified atom stereocenters. The van der Waals surface area contributed by atoms with Gasteiger partial charge in [-0.2, -0.15) is 0 Å². The number of esters is 1. The summed E-state index contributed by atoms with van der Waals surface area (Å²) in [6.07, 6.45) is 4.47. The monoisotopic (exact) mass is 335 g/mol. The van der Waals surface area contributed by atoms with Crippen LogP contribution < -0.4 is 5.32 Å². The Kier molecular flexibility index (Phi) is 10.3. The maximum absolute atomic E-state index is 12.3. The van der Waals surface area contributed by atoms with Crippen LogP contribution in [0.3, 0.4) is 0 Å². The number of hydrogen-bond acceptors (Lipinski definition) is 4. The lowest BCUT2D eigenvalue weighted by Crippen LogP contribution is -2.43. The van der Waals surface area contributed by atoms with Gasteiger partial charge in [0.15, 0.2) is 0 Å². The Labute approximate surface area is 144 Å². The number of nitrogens with one attached hydrogen (secondary N) is 1. The summed E-state index contributed by atoms with van der Waals surface area (Å²) in [5.74, 6) is -0.414. The molecule has 5 nitrogen and oxygen atoms in total. The van der Waals surface area contributed by atoms with Crippen molar-refractivity contribution < 1.29 is 19.1 Å². The van der Waals surface area contributed by atoms with Crippen LogP contribution in [0, 0.1) is 0 Å². The molecule has 0 saturated carbocycles. The molecule has 0 aliphatic carbocycles. The molecule has 0 fully saturated rings. The van der Waals surface area contributed by atoms with Crippen molar-refractivity contribution in [1.29, 1.82) is 0 Å². The largest absolute Gasteiger partial charge is 0.464 e. The SMILES string of the molecule is CCCCCOC(=O)C(Cc1ccccc1)NC(=O)OCCCC. The zero-order valence-electron chi connectivity index (χ0n) is 14.8. The molecule has 0 aromatic heterocycles. The fourth-order valence-electron chi connectivity index (χ4n) is 2.16. The van der Waals surface area contributed by atoms with Gasteiger partial charge >= 0.3 is 12.1 Å². The van der Waals surface area contributed by atoms with Crippen LogP contribution in [0.1, 0.15) is 51.5 Å². The second-order valence-corrected chi connectivity index (χ2v) is 5.75. The zero-order valence-corrected chi connectivity index (χ0v) is 14.8. The van der Waals surface area contributed by atoms with E-state index in [1.54, 1.807) is 0 Å². The summed E-state index contributed by atoms with van der Waals surface area (Å²) in [6, 6.07) is 8.82. The number of amides is 1. The third kappa shape index (κ3) is 8.56. The predicted molar refractivity (Wildman–Crippen MR) is 93.8 cm³/mol. The number of hydrogen-bond donors (Lipinski definition) is 1. The van der Waals surface area contributed by atoms with Gasteiger partial charge in [0.25, 0.3) is 0 Å². The lowest BCUT2D eigenvalue weighted by Gasteiger charge is -2.18. The molecule has 0 aliphatic heterocycles. The summed E-state index contributed by atoms with van der Waals surface area (Å²) < 4.78 is 10.4. The van der Waals surface area contributed by atoms with E-state index in [1.165, 1.54) is 0 Å². The highest BCUT2D eigenvalue weighted by atomic mass is 16.6. The van der Waals surface area contributed by atoms with Gasteiger partial charge < -0.3 is 14.8 Å². The number of carbonyl (C=O) groups excluding carboxylic acids is 2. The van der Waals surface area contributed by atoms with Gasteiger partial charge in [-0.05, 0) is 18.4 Å². The smallest absolute Gasteiger partial charge is 0.407 e. The second kappa shape index (κ2) is 12.4. The van der Waals surface area contributed by atoms with E-state index >= 15 is 0 Å². The maximum Gasteiger partial charge on any atom is 0.407 e. The van der Waals surface area contributed by atoms with Crippen molar-refractivity contribution in [3.63, 3.8) is 0 Å². The molecule has 0 bridgehead atoms. The summed E-state index contributed by atoms with van der Waals surface area (Å²) >= 11 is 0. The number of carbonyl (C=O) groups is 2. The fraction of sp³-hybridized carbons (Fsp3) is 0.579. The molecule has 1 N–H and O–H groups in total. The highest BCUT2D eigenvalue weighted by Gasteiger charge is 2.23. The molecule has 1 rings (SSSR count). The highest BCUT2D eigenvalue weighted by Crippen LogP contribution is 2.06. The van der Waals surface area contributed by atoms with Gasteiger partial charge in [0.05, 0.1) is 13.2 Å². The molecule has 24 heavy (non-hydrogen) atoms. The first kappa shape index (κ1) is 20.0. The van der Waals surface area contributed by atoms with Crippen molar-refractivity contribution in [1.82, 2.24) is 5.32 Å². The summed E-state index contributed by atoms with van der Waals surface area (Å²) in [4.78, 5) is 24.1. The van der Waals surface area contributed by atoms with Crippen molar-refractivity contribution in [3.05, 3.63) is 35.9 Å². The first-order valence-electron chi connectivity index (χ1n) is 8.81. The fourth-order valence-corrected chi connectivity index (χ4v) is 2.16. The van der Waals surface area contributed by atoms with E-state index in [2.05, 4.69) is 12.2 Å². The van der Waals surface area contributed by atoms with Gasteiger partial charge in [0, 0.05) is 6.42 Å². The number of rotatable bonds is 11. The minimum Gasteiger partial charge on any atom is -0.464 e. The summed E-state index contributed by atoms with van der Waals surface area (Å²) in [6.45, 7) is 4.84. The molecule has 134 valence electrons. The Morgan fingerprint density at radius 3 is 2.29 bits per heavy atom. The van der Waals surface area contributed by atoms with E-state index in [-0.39, 0.29) is 0 Å². The van der Waals surface area contributed by atoms with Crippen LogP contribution in [0.25, 0.3) is 0 Å². The number of ether oxygens (including phenoxy) is 2. The van der Waals surface area contributed by atoms with E-state index in [1.807, 2.05) is 37.3 Å². The quantitative estimate of drug-likeness (QED) is 0.493.